The minimum absolute atomic E-state index is 0.186. The van der Waals surface area contributed by atoms with Crippen molar-refractivity contribution in [2.24, 2.45) is 0 Å². The van der Waals surface area contributed by atoms with Gasteiger partial charge in [-0.1, -0.05) is 17.7 Å². The molecule has 1 aliphatic carbocycles. The average Bonchev–Trinajstić information content (AvgIpc) is 2.14. The average molecular weight is 228 g/mol. The van der Waals surface area contributed by atoms with Gasteiger partial charge in [-0.05, 0) is 38.3 Å². The second kappa shape index (κ2) is 4.11. The van der Waals surface area contributed by atoms with E-state index in [2.05, 4.69) is 12.2 Å². The van der Waals surface area contributed by atoms with Gasteiger partial charge in [-0.15, -0.1) is 0 Å². The third-order valence-corrected chi connectivity index (χ3v) is 3.56. The first-order valence-electron chi connectivity index (χ1n) is 5.29. The molecule has 1 aliphatic rings. The van der Waals surface area contributed by atoms with Crippen LogP contribution in [0.3, 0.4) is 0 Å². The van der Waals surface area contributed by atoms with Crippen LogP contribution < -0.4 is 5.32 Å². The maximum atomic E-state index is 13.4. The van der Waals surface area contributed by atoms with Gasteiger partial charge in [0.05, 0.1) is 0 Å². The van der Waals surface area contributed by atoms with Crippen LogP contribution in [0.2, 0.25) is 5.02 Å². The molecule has 0 heterocycles. The molecule has 0 radical (unpaired) electrons. The van der Waals surface area contributed by atoms with Crippen molar-refractivity contribution < 1.29 is 4.39 Å². The van der Waals surface area contributed by atoms with Gasteiger partial charge in [-0.3, -0.25) is 0 Å². The largest absolute Gasteiger partial charge is 0.307 e. The smallest absolute Gasteiger partial charge is 0.129 e. The monoisotopic (exact) mass is 227 g/mol. The van der Waals surface area contributed by atoms with E-state index < -0.39 is 0 Å². The van der Waals surface area contributed by atoms with Crippen molar-refractivity contribution in [3.8, 4) is 0 Å². The fraction of sp³-hybridized carbons (Fsp3) is 0.500. The number of halogens is 2. The van der Waals surface area contributed by atoms with E-state index in [1.807, 2.05) is 0 Å². The Kier molecular flexibility index (Phi) is 2.98. The fourth-order valence-corrected chi connectivity index (χ4v) is 2.12. The highest BCUT2D eigenvalue weighted by molar-refractivity contribution is 6.31. The molecule has 1 aromatic carbocycles. The first kappa shape index (κ1) is 10.9. The summed E-state index contributed by atoms with van der Waals surface area (Å²) in [6, 6.07) is 4.81. The normalized spacial score (nSPS) is 18.6. The third-order valence-electron chi connectivity index (χ3n) is 3.21. The van der Waals surface area contributed by atoms with E-state index in [0.717, 1.165) is 0 Å². The molecular formula is C12H15ClFN. The summed E-state index contributed by atoms with van der Waals surface area (Å²) in [5.74, 6) is -0.224. The van der Waals surface area contributed by atoms with E-state index in [-0.39, 0.29) is 11.4 Å². The highest BCUT2D eigenvalue weighted by atomic mass is 35.5. The summed E-state index contributed by atoms with van der Waals surface area (Å²) in [4.78, 5) is 0. The van der Waals surface area contributed by atoms with Crippen molar-refractivity contribution in [2.45, 2.75) is 38.3 Å². The Balaban J connectivity index is 2.04. The lowest BCUT2D eigenvalue weighted by Crippen LogP contribution is -2.47. The number of rotatable bonds is 3. The second-order valence-corrected chi connectivity index (χ2v) is 4.88. The van der Waals surface area contributed by atoms with Crippen molar-refractivity contribution in [1.29, 1.82) is 0 Å². The van der Waals surface area contributed by atoms with Gasteiger partial charge in [0.2, 0.25) is 0 Å². The Morgan fingerprint density at radius 1 is 1.47 bits per heavy atom. The highest BCUT2D eigenvalue weighted by Crippen LogP contribution is 2.31. The van der Waals surface area contributed by atoms with Gasteiger partial charge in [0.15, 0.2) is 0 Å². The van der Waals surface area contributed by atoms with Crippen molar-refractivity contribution in [2.75, 3.05) is 0 Å². The van der Waals surface area contributed by atoms with Gasteiger partial charge >= 0.3 is 0 Å². The van der Waals surface area contributed by atoms with Crippen LogP contribution in [0.15, 0.2) is 18.2 Å². The van der Waals surface area contributed by atoms with Crippen LogP contribution in [0.1, 0.15) is 31.7 Å². The summed E-state index contributed by atoms with van der Waals surface area (Å²) in [6.07, 6.45) is 3.59. The number of nitrogens with one attached hydrogen (secondary N) is 1. The van der Waals surface area contributed by atoms with Crippen LogP contribution in [0, 0.1) is 5.82 Å². The van der Waals surface area contributed by atoms with Gasteiger partial charge in [0.25, 0.3) is 0 Å². The van der Waals surface area contributed by atoms with E-state index in [4.69, 9.17) is 11.6 Å². The molecule has 0 bridgehead atoms. The van der Waals surface area contributed by atoms with Gasteiger partial charge < -0.3 is 5.32 Å². The maximum Gasteiger partial charge on any atom is 0.129 e. The number of hydrogen-bond donors (Lipinski definition) is 1. The first-order chi connectivity index (χ1) is 7.11. The second-order valence-electron chi connectivity index (χ2n) is 4.47. The van der Waals surface area contributed by atoms with E-state index in [0.29, 0.717) is 17.1 Å². The third kappa shape index (κ3) is 2.32. The highest BCUT2D eigenvalue weighted by Gasteiger charge is 2.31. The zero-order valence-electron chi connectivity index (χ0n) is 8.82. The minimum atomic E-state index is -0.224. The van der Waals surface area contributed by atoms with Crippen molar-refractivity contribution in [3.63, 3.8) is 0 Å². The van der Waals surface area contributed by atoms with E-state index >= 15 is 0 Å². The molecule has 1 fully saturated rings. The van der Waals surface area contributed by atoms with Crippen molar-refractivity contribution >= 4 is 11.6 Å². The van der Waals surface area contributed by atoms with Crippen LogP contribution >= 0.6 is 11.6 Å². The SMILES string of the molecule is CC1(NCc2c(F)cccc2Cl)CCC1. The Morgan fingerprint density at radius 2 is 2.20 bits per heavy atom. The molecule has 0 amide bonds. The fourth-order valence-electron chi connectivity index (χ4n) is 1.89. The summed E-state index contributed by atoms with van der Waals surface area (Å²) in [6.45, 7) is 2.69. The lowest BCUT2D eigenvalue weighted by Gasteiger charge is -2.39. The number of benzene rings is 1. The van der Waals surface area contributed by atoms with Crippen LogP contribution in [0.5, 0.6) is 0 Å². The van der Waals surface area contributed by atoms with Gasteiger partial charge in [-0.2, -0.15) is 0 Å². The Labute approximate surface area is 94.6 Å². The molecule has 1 aromatic rings. The zero-order valence-corrected chi connectivity index (χ0v) is 9.57. The molecule has 0 aliphatic heterocycles. The zero-order chi connectivity index (χ0) is 10.9. The van der Waals surface area contributed by atoms with Crippen LogP contribution in [0.4, 0.5) is 4.39 Å². The molecule has 82 valence electrons. The molecular weight excluding hydrogens is 213 g/mol. The minimum Gasteiger partial charge on any atom is -0.307 e. The quantitative estimate of drug-likeness (QED) is 0.833. The molecule has 0 saturated heterocycles. The van der Waals surface area contributed by atoms with E-state index in [1.54, 1.807) is 12.1 Å². The Bertz CT molecular complexity index is 340. The molecule has 0 atom stereocenters. The molecule has 0 aromatic heterocycles. The molecule has 1 N–H and O–H groups in total. The summed E-state index contributed by atoms with van der Waals surface area (Å²) >= 11 is 5.94. The maximum absolute atomic E-state index is 13.4. The molecule has 2 rings (SSSR count). The Hall–Kier alpha value is -0.600. The summed E-state index contributed by atoms with van der Waals surface area (Å²) in [5, 5.41) is 3.87. The van der Waals surface area contributed by atoms with Crippen LogP contribution in [-0.2, 0) is 6.54 Å². The molecule has 1 saturated carbocycles. The molecule has 0 unspecified atom stereocenters. The lowest BCUT2D eigenvalue weighted by molar-refractivity contribution is 0.206. The topological polar surface area (TPSA) is 12.0 Å². The predicted octanol–water partition coefficient (Wildman–Crippen LogP) is 3.51. The lowest BCUT2D eigenvalue weighted by atomic mass is 9.78. The van der Waals surface area contributed by atoms with Gasteiger partial charge in [0.1, 0.15) is 5.82 Å². The standard InChI is InChI=1S/C12H15ClFN/c1-12(6-3-7-12)15-8-9-10(13)4-2-5-11(9)14/h2,4-5,15H,3,6-8H2,1H3. The molecule has 15 heavy (non-hydrogen) atoms. The predicted molar refractivity (Wildman–Crippen MR) is 60.5 cm³/mol. The van der Waals surface area contributed by atoms with Gasteiger partial charge in [-0.25, -0.2) is 4.39 Å². The van der Waals surface area contributed by atoms with Crippen LogP contribution in [0.25, 0.3) is 0 Å². The summed E-state index contributed by atoms with van der Waals surface area (Å²) in [7, 11) is 0. The summed E-state index contributed by atoms with van der Waals surface area (Å²) in [5.41, 5.74) is 0.762. The number of hydrogen-bond acceptors (Lipinski definition) is 1. The first-order valence-corrected chi connectivity index (χ1v) is 5.66. The van der Waals surface area contributed by atoms with Gasteiger partial charge in [0, 0.05) is 22.7 Å². The van der Waals surface area contributed by atoms with Crippen molar-refractivity contribution in [3.05, 3.63) is 34.6 Å². The van der Waals surface area contributed by atoms with E-state index in [9.17, 15) is 4.39 Å². The van der Waals surface area contributed by atoms with Crippen molar-refractivity contribution in [1.82, 2.24) is 5.32 Å². The van der Waals surface area contributed by atoms with E-state index in [1.165, 1.54) is 25.3 Å². The summed E-state index contributed by atoms with van der Waals surface area (Å²) < 4.78 is 13.4. The molecule has 1 nitrogen and oxygen atoms in total. The van der Waals surface area contributed by atoms with Crippen LogP contribution in [-0.4, -0.2) is 5.54 Å². The molecule has 3 heteroatoms. The molecule has 0 spiro atoms. The Morgan fingerprint density at radius 3 is 2.73 bits per heavy atom.